The minimum Gasteiger partial charge on any atom is -0.385 e. The number of rotatable bonds is 2. The van der Waals surface area contributed by atoms with Crippen molar-refractivity contribution in [2.24, 2.45) is 0 Å². The molecule has 1 heterocycles. The number of fused-ring (bicyclic) bond motifs is 1. The van der Waals surface area contributed by atoms with Gasteiger partial charge in [0.2, 0.25) is 0 Å². The van der Waals surface area contributed by atoms with Crippen LogP contribution in [0.4, 0.5) is 10.1 Å². The van der Waals surface area contributed by atoms with Crippen molar-refractivity contribution in [3.05, 3.63) is 64.5 Å². The van der Waals surface area contributed by atoms with Crippen molar-refractivity contribution in [3.63, 3.8) is 0 Å². The molecular formula is C17H16FNO. The van der Waals surface area contributed by atoms with E-state index in [9.17, 15) is 9.18 Å². The third-order valence-corrected chi connectivity index (χ3v) is 3.74. The van der Waals surface area contributed by atoms with Crippen LogP contribution in [0.15, 0.2) is 36.4 Å². The van der Waals surface area contributed by atoms with Gasteiger partial charge in [0.15, 0.2) is 5.78 Å². The first-order chi connectivity index (χ1) is 9.65. The van der Waals surface area contributed by atoms with E-state index in [0.29, 0.717) is 16.7 Å². The van der Waals surface area contributed by atoms with E-state index in [2.05, 4.69) is 5.32 Å². The zero-order valence-corrected chi connectivity index (χ0v) is 11.4. The Labute approximate surface area is 117 Å². The van der Waals surface area contributed by atoms with Gasteiger partial charge in [0.25, 0.3) is 0 Å². The molecule has 1 aliphatic rings. The fourth-order valence-corrected chi connectivity index (χ4v) is 2.65. The quantitative estimate of drug-likeness (QED) is 0.842. The molecule has 3 heteroatoms. The zero-order valence-electron chi connectivity index (χ0n) is 11.4. The molecule has 0 atom stereocenters. The normalized spacial score (nSPS) is 13.5. The highest BCUT2D eigenvalue weighted by Gasteiger charge is 2.15. The molecule has 0 aromatic heterocycles. The van der Waals surface area contributed by atoms with Crippen LogP contribution in [0, 0.1) is 12.7 Å². The molecule has 0 bridgehead atoms. The lowest BCUT2D eigenvalue weighted by Gasteiger charge is -2.18. The number of hydrogen-bond acceptors (Lipinski definition) is 2. The van der Waals surface area contributed by atoms with Crippen LogP contribution >= 0.6 is 0 Å². The van der Waals surface area contributed by atoms with Crippen LogP contribution in [-0.4, -0.2) is 12.3 Å². The largest absolute Gasteiger partial charge is 0.385 e. The molecule has 1 aliphatic heterocycles. The molecule has 0 aliphatic carbocycles. The fraction of sp³-hybridized carbons (Fsp3) is 0.235. The Balaban J connectivity index is 1.98. The first-order valence-electron chi connectivity index (χ1n) is 6.83. The van der Waals surface area contributed by atoms with E-state index >= 15 is 0 Å². The van der Waals surface area contributed by atoms with E-state index in [-0.39, 0.29) is 11.6 Å². The maximum atomic E-state index is 13.1. The van der Waals surface area contributed by atoms with E-state index < -0.39 is 0 Å². The molecule has 2 aromatic rings. The predicted octanol–water partition coefficient (Wildman–Crippen LogP) is 3.72. The number of ketones is 1. The molecule has 1 N–H and O–H groups in total. The number of hydrogen-bond donors (Lipinski definition) is 1. The third kappa shape index (κ3) is 2.31. The average molecular weight is 269 g/mol. The van der Waals surface area contributed by atoms with Crippen molar-refractivity contribution >= 4 is 11.5 Å². The maximum Gasteiger partial charge on any atom is 0.193 e. The maximum absolute atomic E-state index is 13.1. The van der Waals surface area contributed by atoms with Crippen molar-refractivity contribution in [1.29, 1.82) is 0 Å². The summed E-state index contributed by atoms with van der Waals surface area (Å²) in [5.41, 5.74) is 4.20. The van der Waals surface area contributed by atoms with Crippen molar-refractivity contribution < 1.29 is 9.18 Å². The van der Waals surface area contributed by atoms with Crippen molar-refractivity contribution in [1.82, 2.24) is 0 Å². The van der Waals surface area contributed by atoms with Gasteiger partial charge in [-0.1, -0.05) is 0 Å². The summed E-state index contributed by atoms with van der Waals surface area (Å²) in [7, 11) is 0. The van der Waals surface area contributed by atoms with E-state index in [1.807, 2.05) is 18.2 Å². The minimum atomic E-state index is -0.311. The topological polar surface area (TPSA) is 29.1 Å². The van der Waals surface area contributed by atoms with Gasteiger partial charge in [-0.2, -0.15) is 0 Å². The smallest absolute Gasteiger partial charge is 0.193 e. The van der Waals surface area contributed by atoms with Gasteiger partial charge >= 0.3 is 0 Å². The molecule has 2 nitrogen and oxygen atoms in total. The molecule has 0 unspecified atom stereocenters. The van der Waals surface area contributed by atoms with Gasteiger partial charge in [0, 0.05) is 23.4 Å². The standard InChI is InChI=1S/C17H16FNO/c1-11-9-14(18)5-6-15(11)17(20)13-4-7-16-12(10-13)3-2-8-19-16/h4-7,9-10,19H,2-3,8H2,1H3. The van der Waals surface area contributed by atoms with Gasteiger partial charge in [-0.05, 0) is 67.3 Å². The van der Waals surface area contributed by atoms with Crippen LogP contribution in [0.2, 0.25) is 0 Å². The molecule has 0 radical (unpaired) electrons. The molecule has 0 amide bonds. The van der Waals surface area contributed by atoms with Crippen molar-refractivity contribution in [2.45, 2.75) is 19.8 Å². The summed E-state index contributed by atoms with van der Waals surface area (Å²) >= 11 is 0. The lowest BCUT2D eigenvalue weighted by molar-refractivity contribution is 0.103. The second-order valence-electron chi connectivity index (χ2n) is 5.19. The average Bonchev–Trinajstić information content (AvgIpc) is 2.46. The Morgan fingerprint density at radius 3 is 2.85 bits per heavy atom. The Kier molecular flexibility index (Phi) is 3.26. The highest BCUT2D eigenvalue weighted by Crippen LogP contribution is 2.24. The summed E-state index contributed by atoms with van der Waals surface area (Å²) in [6.07, 6.45) is 2.08. The van der Waals surface area contributed by atoms with Gasteiger partial charge in [0.05, 0.1) is 0 Å². The first kappa shape index (κ1) is 12.9. The molecule has 0 spiro atoms. The Morgan fingerprint density at radius 1 is 1.20 bits per heavy atom. The lowest BCUT2D eigenvalue weighted by Crippen LogP contribution is -2.13. The van der Waals surface area contributed by atoms with Crippen LogP contribution in [0.25, 0.3) is 0 Å². The molecule has 0 saturated heterocycles. The highest BCUT2D eigenvalue weighted by molar-refractivity contribution is 6.10. The summed E-state index contributed by atoms with van der Waals surface area (Å²) in [6, 6.07) is 10.0. The molecule has 3 rings (SSSR count). The summed E-state index contributed by atoms with van der Waals surface area (Å²) in [5, 5.41) is 3.33. The summed E-state index contributed by atoms with van der Waals surface area (Å²) < 4.78 is 13.1. The van der Waals surface area contributed by atoms with E-state index in [4.69, 9.17) is 0 Å². The van der Waals surface area contributed by atoms with Gasteiger partial charge in [0.1, 0.15) is 5.82 Å². The van der Waals surface area contributed by atoms with Crippen LogP contribution < -0.4 is 5.32 Å². The SMILES string of the molecule is Cc1cc(F)ccc1C(=O)c1ccc2c(c1)CCCN2. The monoisotopic (exact) mass is 269 g/mol. The van der Waals surface area contributed by atoms with E-state index in [1.54, 1.807) is 13.0 Å². The first-order valence-corrected chi connectivity index (χ1v) is 6.83. The van der Waals surface area contributed by atoms with Crippen LogP contribution in [0.3, 0.4) is 0 Å². The van der Waals surface area contributed by atoms with Crippen LogP contribution in [0.1, 0.15) is 33.5 Å². The number of halogens is 1. The Hall–Kier alpha value is -2.16. The second kappa shape index (κ2) is 5.08. The summed E-state index contributed by atoms with van der Waals surface area (Å²) in [4.78, 5) is 12.5. The molecule has 0 saturated carbocycles. The van der Waals surface area contributed by atoms with Gasteiger partial charge in [-0.3, -0.25) is 4.79 Å². The van der Waals surface area contributed by atoms with E-state index in [0.717, 1.165) is 25.1 Å². The Morgan fingerprint density at radius 2 is 2.05 bits per heavy atom. The fourth-order valence-electron chi connectivity index (χ4n) is 2.65. The van der Waals surface area contributed by atoms with E-state index in [1.165, 1.54) is 17.7 Å². The molecular weight excluding hydrogens is 253 g/mol. The third-order valence-electron chi connectivity index (χ3n) is 3.74. The van der Waals surface area contributed by atoms with Crippen LogP contribution in [-0.2, 0) is 6.42 Å². The highest BCUT2D eigenvalue weighted by atomic mass is 19.1. The zero-order chi connectivity index (χ0) is 14.1. The summed E-state index contributed by atoms with van der Waals surface area (Å²) in [6.45, 7) is 2.74. The van der Waals surface area contributed by atoms with Gasteiger partial charge < -0.3 is 5.32 Å². The molecule has 0 fully saturated rings. The minimum absolute atomic E-state index is 0.0455. The molecule has 102 valence electrons. The second-order valence-corrected chi connectivity index (χ2v) is 5.19. The lowest BCUT2D eigenvalue weighted by atomic mass is 9.95. The van der Waals surface area contributed by atoms with Gasteiger partial charge in [-0.15, -0.1) is 0 Å². The molecule has 20 heavy (non-hydrogen) atoms. The predicted molar refractivity (Wildman–Crippen MR) is 77.8 cm³/mol. The number of carbonyl (C=O) groups excluding carboxylic acids is 1. The van der Waals surface area contributed by atoms with Crippen molar-refractivity contribution in [3.8, 4) is 0 Å². The summed E-state index contributed by atoms with van der Waals surface area (Å²) in [5.74, 6) is -0.357. The number of nitrogens with one attached hydrogen (secondary N) is 1. The number of carbonyl (C=O) groups is 1. The van der Waals surface area contributed by atoms with Gasteiger partial charge in [-0.25, -0.2) is 4.39 Å². The number of aryl methyl sites for hydroxylation is 2. The number of benzene rings is 2. The van der Waals surface area contributed by atoms with Crippen molar-refractivity contribution in [2.75, 3.05) is 11.9 Å². The Bertz CT molecular complexity index is 679. The number of anilines is 1. The molecule has 2 aromatic carbocycles. The van der Waals surface area contributed by atoms with Crippen LogP contribution in [0.5, 0.6) is 0 Å².